The van der Waals surface area contributed by atoms with E-state index in [0.29, 0.717) is 11.4 Å². The SMILES string of the molecule is CCc1ccccc1N(C(=O)c1cccs1)C(C(=O)NCc1cccs1)c1ccc(C)cc1. The van der Waals surface area contributed by atoms with E-state index in [0.717, 1.165) is 33.7 Å². The largest absolute Gasteiger partial charge is 0.349 e. The number of rotatable bonds is 8. The molecule has 0 aliphatic heterocycles. The predicted molar refractivity (Wildman–Crippen MR) is 137 cm³/mol. The van der Waals surface area contributed by atoms with Crippen LogP contribution in [-0.4, -0.2) is 11.8 Å². The molecule has 0 aliphatic carbocycles. The molecule has 1 atom stereocenters. The van der Waals surface area contributed by atoms with Crippen molar-refractivity contribution in [3.8, 4) is 0 Å². The molecule has 4 rings (SSSR count). The van der Waals surface area contributed by atoms with Crippen molar-refractivity contribution >= 4 is 40.2 Å². The summed E-state index contributed by atoms with van der Waals surface area (Å²) in [7, 11) is 0. The second-order valence-electron chi connectivity index (χ2n) is 7.75. The number of nitrogens with zero attached hydrogens (tertiary/aromatic N) is 1. The van der Waals surface area contributed by atoms with Crippen LogP contribution in [0.1, 0.15) is 44.2 Å². The average molecular weight is 475 g/mol. The van der Waals surface area contributed by atoms with Gasteiger partial charge < -0.3 is 5.32 Å². The van der Waals surface area contributed by atoms with E-state index in [1.165, 1.54) is 11.3 Å². The molecule has 0 aliphatic rings. The van der Waals surface area contributed by atoms with Crippen molar-refractivity contribution in [2.24, 2.45) is 0 Å². The molecule has 1 unspecified atom stereocenters. The number of para-hydroxylation sites is 1. The van der Waals surface area contributed by atoms with Crippen molar-refractivity contribution in [3.63, 3.8) is 0 Å². The van der Waals surface area contributed by atoms with Crippen LogP contribution in [0.4, 0.5) is 5.69 Å². The van der Waals surface area contributed by atoms with E-state index in [-0.39, 0.29) is 11.8 Å². The summed E-state index contributed by atoms with van der Waals surface area (Å²) >= 11 is 2.98. The second kappa shape index (κ2) is 10.6. The molecule has 0 spiro atoms. The van der Waals surface area contributed by atoms with Crippen LogP contribution in [0.5, 0.6) is 0 Å². The van der Waals surface area contributed by atoms with Crippen LogP contribution in [0.15, 0.2) is 83.6 Å². The van der Waals surface area contributed by atoms with E-state index in [9.17, 15) is 9.59 Å². The highest BCUT2D eigenvalue weighted by Crippen LogP contribution is 2.33. The summed E-state index contributed by atoms with van der Waals surface area (Å²) in [5.74, 6) is -0.384. The number of carbonyl (C=O) groups is 2. The third-order valence-corrected chi connectivity index (χ3v) is 7.23. The lowest BCUT2D eigenvalue weighted by Crippen LogP contribution is -2.44. The molecule has 4 aromatic rings. The summed E-state index contributed by atoms with van der Waals surface area (Å²) in [6.45, 7) is 4.50. The van der Waals surface area contributed by atoms with Crippen molar-refractivity contribution in [1.29, 1.82) is 0 Å². The number of amides is 2. The smallest absolute Gasteiger partial charge is 0.269 e. The summed E-state index contributed by atoms with van der Waals surface area (Å²) in [4.78, 5) is 30.9. The Morgan fingerprint density at radius 2 is 1.64 bits per heavy atom. The zero-order chi connectivity index (χ0) is 23.2. The first-order chi connectivity index (χ1) is 16.1. The molecule has 0 fully saturated rings. The fourth-order valence-corrected chi connectivity index (χ4v) is 5.08. The molecule has 0 bridgehead atoms. The van der Waals surface area contributed by atoms with Gasteiger partial charge in [0, 0.05) is 10.6 Å². The molecule has 2 aromatic heterocycles. The van der Waals surface area contributed by atoms with Crippen molar-refractivity contribution < 1.29 is 9.59 Å². The van der Waals surface area contributed by atoms with Crippen LogP contribution in [0.3, 0.4) is 0 Å². The van der Waals surface area contributed by atoms with Crippen LogP contribution in [0.2, 0.25) is 0 Å². The molecule has 4 nitrogen and oxygen atoms in total. The summed E-state index contributed by atoms with van der Waals surface area (Å²) < 4.78 is 0. The van der Waals surface area contributed by atoms with Crippen LogP contribution < -0.4 is 10.2 Å². The summed E-state index contributed by atoms with van der Waals surface area (Å²) in [6.07, 6.45) is 0.752. The van der Waals surface area contributed by atoms with Gasteiger partial charge in [-0.15, -0.1) is 22.7 Å². The Morgan fingerprint density at radius 3 is 2.30 bits per heavy atom. The molecule has 2 heterocycles. The monoisotopic (exact) mass is 474 g/mol. The molecular weight excluding hydrogens is 448 g/mol. The van der Waals surface area contributed by atoms with Gasteiger partial charge in [0.25, 0.3) is 5.91 Å². The molecule has 1 N–H and O–H groups in total. The molecule has 168 valence electrons. The van der Waals surface area contributed by atoms with Gasteiger partial charge in [0.2, 0.25) is 5.91 Å². The third-order valence-electron chi connectivity index (χ3n) is 5.50. The van der Waals surface area contributed by atoms with E-state index in [1.54, 1.807) is 16.2 Å². The Hall–Kier alpha value is -3.22. The Labute approximate surface area is 202 Å². The van der Waals surface area contributed by atoms with E-state index < -0.39 is 6.04 Å². The summed E-state index contributed by atoms with van der Waals surface area (Å²) in [5.41, 5.74) is 3.66. The molecule has 2 amide bonds. The van der Waals surface area contributed by atoms with Crippen LogP contribution >= 0.6 is 22.7 Å². The van der Waals surface area contributed by atoms with Gasteiger partial charge in [-0.1, -0.05) is 67.1 Å². The first kappa shape index (κ1) is 23.0. The van der Waals surface area contributed by atoms with E-state index in [2.05, 4.69) is 12.2 Å². The molecule has 0 saturated carbocycles. The van der Waals surface area contributed by atoms with E-state index in [1.807, 2.05) is 90.5 Å². The highest BCUT2D eigenvalue weighted by Gasteiger charge is 2.34. The molecule has 2 aromatic carbocycles. The minimum Gasteiger partial charge on any atom is -0.349 e. The highest BCUT2D eigenvalue weighted by atomic mass is 32.1. The highest BCUT2D eigenvalue weighted by molar-refractivity contribution is 7.12. The maximum absolute atomic E-state index is 13.9. The zero-order valence-electron chi connectivity index (χ0n) is 18.7. The number of anilines is 1. The van der Waals surface area contributed by atoms with Crippen molar-refractivity contribution in [1.82, 2.24) is 5.32 Å². The second-order valence-corrected chi connectivity index (χ2v) is 9.73. The summed E-state index contributed by atoms with van der Waals surface area (Å²) in [6, 6.07) is 22.5. The minimum absolute atomic E-state index is 0.178. The van der Waals surface area contributed by atoms with E-state index >= 15 is 0 Å². The first-order valence-corrected chi connectivity index (χ1v) is 12.7. The predicted octanol–water partition coefficient (Wildman–Crippen LogP) is 6.38. The Morgan fingerprint density at radius 1 is 0.909 bits per heavy atom. The Balaban J connectivity index is 1.82. The number of aryl methyl sites for hydroxylation is 2. The standard InChI is InChI=1S/C27H26N2O2S2/c1-3-20-8-4-5-10-23(20)29(27(31)24-11-7-17-33-24)25(21-14-12-19(2)13-15-21)26(30)28-18-22-9-6-16-32-22/h4-17,25H,3,18H2,1-2H3,(H,28,30). The number of benzene rings is 2. The zero-order valence-corrected chi connectivity index (χ0v) is 20.3. The van der Waals surface area contributed by atoms with Gasteiger partial charge in [-0.3, -0.25) is 14.5 Å². The fraction of sp³-hybridized carbons (Fsp3) is 0.185. The molecule has 0 saturated heterocycles. The van der Waals surface area contributed by atoms with Crippen molar-refractivity contribution in [2.45, 2.75) is 32.9 Å². The third kappa shape index (κ3) is 5.24. The maximum atomic E-state index is 13.9. The van der Waals surface area contributed by atoms with Gasteiger partial charge in [-0.2, -0.15) is 0 Å². The molecule has 33 heavy (non-hydrogen) atoms. The van der Waals surface area contributed by atoms with Gasteiger partial charge in [0.05, 0.1) is 11.4 Å². The van der Waals surface area contributed by atoms with Crippen molar-refractivity contribution in [3.05, 3.63) is 110 Å². The van der Waals surface area contributed by atoms with Gasteiger partial charge in [0.1, 0.15) is 6.04 Å². The number of thiophene rings is 2. The quantitative estimate of drug-likeness (QED) is 0.322. The van der Waals surface area contributed by atoms with Gasteiger partial charge in [-0.05, 0) is 53.4 Å². The van der Waals surface area contributed by atoms with Gasteiger partial charge >= 0.3 is 0 Å². The van der Waals surface area contributed by atoms with Gasteiger partial charge in [0.15, 0.2) is 0 Å². The topological polar surface area (TPSA) is 49.4 Å². The van der Waals surface area contributed by atoms with Gasteiger partial charge in [-0.25, -0.2) is 0 Å². The lowest BCUT2D eigenvalue weighted by molar-refractivity contribution is -0.122. The molecular formula is C27H26N2O2S2. The maximum Gasteiger partial charge on any atom is 0.269 e. The lowest BCUT2D eigenvalue weighted by atomic mass is 9.99. The molecule has 6 heteroatoms. The van der Waals surface area contributed by atoms with E-state index in [4.69, 9.17) is 0 Å². The lowest BCUT2D eigenvalue weighted by Gasteiger charge is -2.32. The average Bonchev–Trinajstić information content (AvgIpc) is 3.56. The number of carbonyl (C=O) groups excluding carboxylic acids is 2. The normalized spacial score (nSPS) is 11.7. The fourth-order valence-electron chi connectivity index (χ4n) is 3.78. The number of nitrogens with one attached hydrogen (secondary N) is 1. The number of hydrogen-bond acceptors (Lipinski definition) is 4. The number of hydrogen-bond donors (Lipinski definition) is 1. The van der Waals surface area contributed by atoms with Crippen molar-refractivity contribution in [2.75, 3.05) is 4.90 Å². The van der Waals surface area contributed by atoms with Crippen LogP contribution in [0.25, 0.3) is 0 Å². The van der Waals surface area contributed by atoms with Crippen LogP contribution in [-0.2, 0) is 17.8 Å². The van der Waals surface area contributed by atoms with Crippen LogP contribution in [0, 0.1) is 6.92 Å². The first-order valence-electron chi connectivity index (χ1n) is 10.9. The Bertz CT molecular complexity index is 1200. The minimum atomic E-state index is -0.798. The molecule has 0 radical (unpaired) electrons. The Kier molecular flexibility index (Phi) is 7.37. The summed E-state index contributed by atoms with van der Waals surface area (Å²) in [5, 5.41) is 6.94.